The molecule has 1 aromatic rings. The first-order valence-electron chi connectivity index (χ1n) is 6.60. The van der Waals surface area contributed by atoms with Gasteiger partial charge in [-0.15, -0.1) is 0 Å². The Morgan fingerprint density at radius 2 is 2.15 bits per heavy atom. The second kappa shape index (κ2) is 8.11. The van der Waals surface area contributed by atoms with E-state index in [9.17, 15) is 14.9 Å². The maximum absolute atomic E-state index is 11.7. The number of nitrogens with one attached hydrogen (secondary N) is 2. The number of benzene rings is 1. The monoisotopic (exact) mass is 280 g/mol. The molecule has 0 atom stereocenters. The molecule has 1 aromatic carbocycles. The van der Waals surface area contributed by atoms with Crippen LogP contribution in [0, 0.1) is 10.1 Å². The molecule has 20 heavy (non-hydrogen) atoms. The van der Waals surface area contributed by atoms with Crippen molar-refractivity contribution in [1.82, 2.24) is 5.32 Å². The number of amides is 1. The minimum atomic E-state index is -0.492. The summed E-state index contributed by atoms with van der Waals surface area (Å²) in [7, 11) is 0. The Bertz CT molecular complexity index is 477. The van der Waals surface area contributed by atoms with Gasteiger partial charge in [-0.1, -0.05) is 0 Å². The van der Waals surface area contributed by atoms with Gasteiger partial charge in [-0.25, -0.2) is 0 Å². The van der Waals surface area contributed by atoms with E-state index in [0.717, 1.165) is 12.8 Å². The van der Waals surface area contributed by atoms with Gasteiger partial charge < -0.3 is 16.4 Å². The Kier molecular flexibility index (Phi) is 6.45. The molecule has 0 saturated carbocycles. The molecule has 1 amide bonds. The van der Waals surface area contributed by atoms with Gasteiger partial charge in [-0.05, 0) is 38.4 Å². The standard InChI is InChI=1S/C13H20N4O3/c1-2-15-13(18)10-5-6-11(12(9-10)17(19)20)16-8-4-3-7-14/h5-6,9,16H,2-4,7-8,14H2,1H3,(H,15,18). The number of nitrogens with two attached hydrogens (primary N) is 1. The van der Waals surface area contributed by atoms with E-state index in [1.807, 2.05) is 0 Å². The molecular weight excluding hydrogens is 260 g/mol. The number of anilines is 1. The van der Waals surface area contributed by atoms with Gasteiger partial charge in [-0.3, -0.25) is 14.9 Å². The summed E-state index contributed by atoms with van der Waals surface area (Å²) < 4.78 is 0. The first-order valence-corrected chi connectivity index (χ1v) is 6.60. The second-order valence-corrected chi connectivity index (χ2v) is 4.27. The summed E-state index contributed by atoms with van der Waals surface area (Å²) in [5.74, 6) is -0.315. The number of unbranched alkanes of at least 4 members (excludes halogenated alkanes) is 1. The lowest BCUT2D eigenvalue weighted by Gasteiger charge is -2.08. The van der Waals surface area contributed by atoms with Crippen LogP contribution in [0.5, 0.6) is 0 Å². The molecule has 7 nitrogen and oxygen atoms in total. The molecule has 0 aliphatic rings. The van der Waals surface area contributed by atoms with Crippen molar-refractivity contribution in [2.45, 2.75) is 19.8 Å². The third kappa shape index (κ3) is 4.51. The topological polar surface area (TPSA) is 110 Å². The average Bonchev–Trinajstić information content (AvgIpc) is 2.43. The van der Waals surface area contributed by atoms with Crippen molar-refractivity contribution in [3.8, 4) is 0 Å². The largest absolute Gasteiger partial charge is 0.379 e. The lowest BCUT2D eigenvalue weighted by Crippen LogP contribution is -2.22. The van der Waals surface area contributed by atoms with E-state index in [4.69, 9.17) is 5.73 Å². The molecule has 0 radical (unpaired) electrons. The van der Waals surface area contributed by atoms with Gasteiger partial charge in [0.25, 0.3) is 11.6 Å². The van der Waals surface area contributed by atoms with Crippen molar-refractivity contribution in [2.24, 2.45) is 5.73 Å². The molecule has 0 bridgehead atoms. The molecule has 0 spiro atoms. The quantitative estimate of drug-likeness (QED) is 0.379. The highest BCUT2D eigenvalue weighted by Gasteiger charge is 2.16. The lowest BCUT2D eigenvalue weighted by molar-refractivity contribution is -0.384. The molecule has 110 valence electrons. The highest BCUT2D eigenvalue weighted by molar-refractivity contribution is 5.95. The Hall–Kier alpha value is -2.15. The van der Waals surface area contributed by atoms with Crippen LogP contribution in [0.4, 0.5) is 11.4 Å². The zero-order chi connectivity index (χ0) is 15.0. The maximum atomic E-state index is 11.7. The smallest absolute Gasteiger partial charge is 0.293 e. The first-order chi connectivity index (χ1) is 9.60. The number of carbonyl (C=O) groups excluding carboxylic acids is 1. The van der Waals surface area contributed by atoms with Crippen molar-refractivity contribution in [1.29, 1.82) is 0 Å². The Balaban J connectivity index is 2.85. The number of nitro benzene ring substituents is 1. The van der Waals surface area contributed by atoms with Crippen molar-refractivity contribution in [3.05, 3.63) is 33.9 Å². The van der Waals surface area contributed by atoms with Crippen molar-refractivity contribution >= 4 is 17.3 Å². The second-order valence-electron chi connectivity index (χ2n) is 4.27. The van der Waals surface area contributed by atoms with Crippen LogP contribution < -0.4 is 16.4 Å². The van der Waals surface area contributed by atoms with Gasteiger partial charge in [-0.2, -0.15) is 0 Å². The van der Waals surface area contributed by atoms with E-state index in [2.05, 4.69) is 10.6 Å². The molecule has 0 saturated heterocycles. The number of carbonyl (C=O) groups is 1. The fourth-order valence-electron chi connectivity index (χ4n) is 1.73. The molecule has 0 aliphatic heterocycles. The molecule has 0 fully saturated rings. The van der Waals surface area contributed by atoms with E-state index in [-0.39, 0.29) is 17.2 Å². The lowest BCUT2D eigenvalue weighted by atomic mass is 10.1. The number of nitro groups is 1. The van der Waals surface area contributed by atoms with E-state index in [1.165, 1.54) is 6.07 Å². The summed E-state index contributed by atoms with van der Waals surface area (Å²) in [6.45, 7) is 3.48. The highest BCUT2D eigenvalue weighted by Crippen LogP contribution is 2.25. The minimum Gasteiger partial charge on any atom is -0.379 e. The first kappa shape index (κ1) is 15.9. The third-order valence-electron chi connectivity index (χ3n) is 2.74. The molecule has 1 rings (SSSR count). The Morgan fingerprint density at radius 3 is 2.75 bits per heavy atom. The summed E-state index contributed by atoms with van der Waals surface area (Å²) in [4.78, 5) is 22.2. The summed E-state index contributed by atoms with van der Waals surface area (Å²) in [5, 5.41) is 16.7. The van der Waals surface area contributed by atoms with Crippen LogP contribution in [-0.2, 0) is 0 Å². The number of hydrogen-bond acceptors (Lipinski definition) is 5. The summed E-state index contributed by atoms with van der Waals surface area (Å²) in [5.41, 5.74) is 5.99. The van der Waals surface area contributed by atoms with Crippen LogP contribution >= 0.6 is 0 Å². The normalized spacial score (nSPS) is 10.1. The molecule has 0 unspecified atom stereocenters. The van der Waals surface area contributed by atoms with Crippen molar-refractivity contribution in [2.75, 3.05) is 25.0 Å². The molecule has 0 aromatic heterocycles. The van der Waals surface area contributed by atoms with Gasteiger partial charge in [0.05, 0.1) is 4.92 Å². The van der Waals surface area contributed by atoms with Crippen molar-refractivity contribution in [3.63, 3.8) is 0 Å². The van der Waals surface area contributed by atoms with Gasteiger partial charge in [0.2, 0.25) is 0 Å². The van der Waals surface area contributed by atoms with Crippen LogP contribution in [0.25, 0.3) is 0 Å². The predicted octanol–water partition coefficient (Wildman–Crippen LogP) is 1.50. The molecule has 0 aliphatic carbocycles. The third-order valence-corrected chi connectivity index (χ3v) is 2.74. The number of nitrogens with zero attached hydrogens (tertiary/aromatic N) is 1. The van der Waals surface area contributed by atoms with Crippen LogP contribution in [-0.4, -0.2) is 30.5 Å². The predicted molar refractivity (Wildman–Crippen MR) is 77.9 cm³/mol. The van der Waals surface area contributed by atoms with E-state index < -0.39 is 4.92 Å². The zero-order valence-electron chi connectivity index (χ0n) is 11.5. The van der Waals surface area contributed by atoms with Crippen molar-refractivity contribution < 1.29 is 9.72 Å². The average molecular weight is 280 g/mol. The molecule has 7 heteroatoms. The fraction of sp³-hybridized carbons (Fsp3) is 0.462. The Morgan fingerprint density at radius 1 is 1.40 bits per heavy atom. The van der Waals surface area contributed by atoms with Gasteiger partial charge >= 0.3 is 0 Å². The van der Waals surface area contributed by atoms with Crippen LogP contribution in [0.3, 0.4) is 0 Å². The fourth-order valence-corrected chi connectivity index (χ4v) is 1.73. The summed E-state index contributed by atoms with van der Waals surface area (Å²) in [6, 6.07) is 4.42. The van der Waals surface area contributed by atoms with Gasteiger partial charge in [0.15, 0.2) is 0 Å². The van der Waals surface area contributed by atoms with Crippen LogP contribution in [0.2, 0.25) is 0 Å². The van der Waals surface area contributed by atoms with E-state index in [1.54, 1.807) is 19.1 Å². The van der Waals surface area contributed by atoms with E-state index in [0.29, 0.717) is 25.3 Å². The number of rotatable bonds is 8. The summed E-state index contributed by atoms with van der Waals surface area (Å²) >= 11 is 0. The van der Waals surface area contributed by atoms with Gasteiger partial charge in [0.1, 0.15) is 5.69 Å². The zero-order valence-corrected chi connectivity index (χ0v) is 11.5. The van der Waals surface area contributed by atoms with Crippen LogP contribution in [0.1, 0.15) is 30.1 Å². The van der Waals surface area contributed by atoms with Crippen LogP contribution in [0.15, 0.2) is 18.2 Å². The molecule has 0 heterocycles. The number of hydrogen-bond donors (Lipinski definition) is 3. The van der Waals surface area contributed by atoms with E-state index >= 15 is 0 Å². The SMILES string of the molecule is CCNC(=O)c1ccc(NCCCCN)c([N+](=O)[O-])c1. The highest BCUT2D eigenvalue weighted by atomic mass is 16.6. The molecule has 4 N–H and O–H groups in total. The molecular formula is C13H20N4O3. The minimum absolute atomic E-state index is 0.0958. The maximum Gasteiger partial charge on any atom is 0.293 e. The summed E-state index contributed by atoms with van der Waals surface area (Å²) in [6.07, 6.45) is 1.70. The van der Waals surface area contributed by atoms with Gasteiger partial charge in [0, 0.05) is 24.7 Å². The Labute approximate surface area is 117 Å².